The molecule has 23 heavy (non-hydrogen) atoms. The Balaban J connectivity index is 1.67. The molecule has 0 bridgehead atoms. The minimum Gasteiger partial charge on any atom is -0.268 e. The molecule has 0 saturated carbocycles. The molecule has 116 valence electrons. The molecule has 0 unspecified atom stereocenters. The predicted molar refractivity (Wildman–Crippen MR) is 88.9 cm³/mol. The number of hydrogen-bond acceptors (Lipinski definition) is 6. The van der Waals surface area contributed by atoms with Crippen molar-refractivity contribution in [2.75, 3.05) is 0 Å². The van der Waals surface area contributed by atoms with E-state index in [0.717, 1.165) is 14.2 Å². The van der Waals surface area contributed by atoms with Gasteiger partial charge in [-0.15, -0.1) is 22.7 Å². The molecule has 1 aliphatic rings. The lowest BCUT2D eigenvalue weighted by molar-refractivity contribution is 0.0864. The molecule has 0 radical (unpaired) electrons. The standard InChI is InChI=1S/C15H10N2O3S3/c18-15-11-4-1-2-6-13(11)23(19,20)17(15)8-10-9-22-14(16-10)12-5-3-7-21-12/h1-7,9H,8H2. The van der Waals surface area contributed by atoms with Gasteiger partial charge in [-0.25, -0.2) is 17.7 Å². The van der Waals surface area contributed by atoms with Gasteiger partial charge < -0.3 is 0 Å². The molecule has 0 spiro atoms. The first-order valence-electron chi connectivity index (χ1n) is 6.72. The van der Waals surface area contributed by atoms with Crippen LogP contribution < -0.4 is 0 Å². The first-order valence-corrected chi connectivity index (χ1v) is 9.92. The lowest BCUT2D eigenvalue weighted by Crippen LogP contribution is -2.29. The number of nitrogens with zero attached hydrogens (tertiary/aromatic N) is 2. The fourth-order valence-corrected chi connectivity index (χ4v) is 5.59. The Kier molecular flexibility index (Phi) is 3.33. The summed E-state index contributed by atoms with van der Waals surface area (Å²) in [4.78, 5) is 17.9. The highest BCUT2D eigenvalue weighted by Crippen LogP contribution is 2.33. The molecular formula is C15H10N2O3S3. The molecule has 2 aromatic heterocycles. The molecule has 3 heterocycles. The molecule has 1 aromatic carbocycles. The Morgan fingerprint density at radius 2 is 1.91 bits per heavy atom. The molecule has 1 aliphatic heterocycles. The second kappa shape index (κ2) is 5.26. The Hall–Kier alpha value is -2.03. The van der Waals surface area contributed by atoms with E-state index in [4.69, 9.17) is 0 Å². The topological polar surface area (TPSA) is 67.3 Å². The normalized spacial score (nSPS) is 15.8. The maximum Gasteiger partial charge on any atom is 0.269 e. The first kappa shape index (κ1) is 14.6. The minimum absolute atomic E-state index is 0.0439. The maximum absolute atomic E-state index is 12.5. The summed E-state index contributed by atoms with van der Waals surface area (Å²) in [5.41, 5.74) is 0.796. The van der Waals surface area contributed by atoms with Crippen LogP contribution in [0.2, 0.25) is 0 Å². The SMILES string of the molecule is O=C1c2ccccc2S(=O)(=O)N1Cc1csc(-c2cccs2)n1. The third-order valence-corrected chi connectivity index (χ3v) is 7.22. The van der Waals surface area contributed by atoms with Crippen LogP contribution in [0, 0.1) is 0 Å². The van der Waals surface area contributed by atoms with Crippen LogP contribution in [0.15, 0.2) is 52.1 Å². The number of hydrogen-bond donors (Lipinski definition) is 0. The highest BCUT2D eigenvalue weighted by molar-refractivity contribution is 7.90. The Bertz CT molecular complexity index is 991. The van der Waals surface area contributed by atoms with Gasteiger partial charge in [0, 0.05) is 5.38 Å². The molecule has 3 aromatic rings. The van der Waals surface area contributed by atoms with Crippen LogP contribution in [0.1, 0.15) is 16.1 Å². The van der Waals surface area contributed by atoms with E-state index in [1.807, 2.05) is 17.5 Å². The van der Waals surface area contributed by atoms with Crippen molar-refractivity contribution < 1.29 is 13.2 Å². The van der Waals surface area contributed by atoms with E-state index in [1.165, 1.54) is 23.5 Å². The van der Waals surface area contributed by atoms with Crippen molar-refractivity contribution >= 4 is 38.6 Å². The molecule has 0 N–H and O–H groups in total. The summed E-state index contributed by atoms with van der Waals surface area (Å²) in [6.07, 6.45) is 0. The van der Waals surface area contributed by atoms with Crippen molar-refractivity contribution in [1.82, 2.24) is 9.29 Å². The van der Waals surface area contributed by atoms with Crippen molar-refractivity contribution in [1.29, 1.82) is 0 Å². The van der Waals surface area contributed by atoms with Crippen LogP contribution in [0.4, 0.5) is 0 Å². The van der Waals surface area contributed by atoms with Gasteiger partial charge in [-0.3, -0.25) is 4.79 Å². The van der Waals surface area contributed by atoms with Crippen LogP contribution in [0.25, 0.3) is 9.88 Å². The number of thiophene rings is 1. The Morgan fingerprint density at radius 1 is 1.09 bits per heavy atom. The van der Waals surface area contributed by atoms with Gasteiger partial charge >= 0.3 is 0 Å². The third-order valence-electron chi connectivity index (χ3n) is 3.50. The molecular weight excluding hydrogens is 352 g/mol. The van der Waals surface area contributed by atoms with Crippen molar-refractivity contribution in [2.24, 2.45) is 0 Å². The van der Waals surface area contributed by atoms with Crippen LogP contribution in [0.3, 0.4) is 0 Å². The van der Waals surface area contributed by atoms with E-state index in [2.05, 4.69) is 4.98 Å². The predicted octanol–water partition coefficient (Wildman–Crippen LogP) is 3.22. The van der Waals surface area contributed by atoms with Crippen molar-refractivity contribution in [3.05, 3.63) is 58.4 Å². The number of sulfonamides is 1. The fourth-order valence-electron chi connectivity index (χ4n) is 2.43. The first-order chi connectivity index (χ1) is 11.1. The molecule has 0 saturated heterocycles. The molecule has 4 rings (SSSR count). The second-order valence-corrected chi connectivity index (χ2v) is 8.57. The minimum atomic E-state index is -3.79. The lowest BCUT2D eigenvalue weighted by Gasteiger charge is -2.13. The van der Waals surface area contributed by atoms with Crippen molar-refractivity contribution in [3.63, 3.8) is 0 Å². The van der Waals surface area contributed by atoms with Crippen LogP contribution >= 0.6 is 22.7 Å². The highest BCUT2D eigenvalue weighted by atomic mass is 32.2. The summed E-state index contributed by atoms with van der Waals surface area (Å²) < 4.78 is 25.9. The molecule has 0 atom stereocenters. The van der Waals surface area contributed by atoms with Crippen LogP contribution in [0.5, 0.6) is 0 Å². The lowest BCUT2D eigenvalue weighted by atomic mass is 10.2. The van der Waals surface area contributed by atoms with E-state index < -0.39 is 15.9 Å². The largest absolute Gasteiger partial charge is 0.269 e. The summed E-state index contributed by atoms with van der Waals surface area (Å²) in [6, 6.07) is 10.2. The number of amides is 1. The van der Waals surface area contributed by atoms with Gasteiger partial charge in [-0.2, -0.15) is 0 Å². The van der Waals surface area contributed by atoms with E-state index in [9.17, 15) is 13.2 Å². The highest BCUT2D eigenvalue weighted by Gasteiger charge is 2.41. The van der Waals surface area contributed by atoms with Gasteiger partial charge in [0.2, 0.25) is 0 Å². The molecule has 0 aliphatic carbocycles. The smallest absolute Gasteiger partial charge is 0.268 e. The Labute approximate surface area is 140 Å². The summed E-state index contributed by atoms with van der Waals surface area (Å²) in [6.45, 7) is -0.0439. The zero-order chi connectivity index (χ0) is 16.0. The van der Waals surface area contributed by atoms with Gasteiger partial charge in [0.25, 0.3) is 15.9 Å². The molecule has 1 amide bonds. The van der Waals surface area contributed by atoms with Gasteiger partial charge in [0.15, 0.2) is 0 Å². The number of rotatable bonds is 3. The van der Waals surface area contributed by atoms with E-state index in [0.29, 0.717) is 5.69 Å². The number of aromatic nitrogens is 1. The summed E-state index contributed by atoms with van der Waals surface area (Å²) in [5.74, 6) is -0.494. The monoisotopic (exact) mass is 362 g/mol. The zero-order valence-corrected chi connectivity index (χ0v) is 14.1. The zero-order valence-electron chi connectivity index (χ0n) is 11.7. The summed E-state index contributed by atoms with van der Waals surface area (Å²) in [7, 11) is -3.79. The van der Waals surface area contributed by atoms with E-state index in [1.54, 1.807) is 28.8 Å². The second-order valence-electron chi connectivity index (χ2n) is 4.93. The molecule has 5 nitrogen and oxygen atoms in total. The number of benzene rings is 1. The molecule has 0 fully saturated rings. The summed E-state index contributed by atoms with van der Waals surface area (Å²) >= 11 is 3.01. The van der Waals surface area contributed by atoms with Crippen LogP contribution in [-0.2, 0) is 16.6 Å². The van der Waals surface area contributed by atoms with Crippen molar-refractivity contribution in [3.8, 4) is 9.88 Å². The number of fused-ring (bicyclic) bond motifs is 1. The van der Waals surface area contributed by atoms with Crippen molar-refractivity contribution in [2.45, 2.75) is 11.4 Å². The number of thiazole rings is 1. The van der Waals surface area contributed by atoms with Gasteiger partial charge in [0.1, 0.15) is 9.90 Å². The number of carbonyl (C=O) groups is 1. The Morgan fingerprint density at radius 3 is 2.65 bits per heavy atom. The van der Waals surface area contributed by atoms with Gasteiger partial charge in [-0.05, 0) is 23.6 Å². The third kappa shape index (κ3) is 2.30. The van der Waals surface area contributed by atoms with Gasteiger partial charge in [0.05, 0.1) is 22.7 Å². The van der Waals surface area contributed by atoms with Crippen LogP contribution in [-0.4, -0.2) is 23.6 Å². The average molecular weight is 362 g/mol. The fraction of sp³-hybridized carbons (Fsp3) is 0.0667. The van der Waals surface area contributed by atoms with E-state index >= 15 is 0 Å². The maximum atomic E-state index is 12.5. The quantitative estimate of drug-likeness (QED) is 0.717. The molecule has 8 heteroatoms. The van der Waals surface area contributed by atoms with Gasteiger partial charge in [-0.1, -0.05) is 18.2 Å². The van der Waals surface area contributed by atoms with E-state index in [-0.39, 0.29) is 17.0 Å². The summed E-state index contributed by atoms with van der Waals surface area (Å²) in [5, 5.41) is 4.58. The number of carbonyl (C=O) groups excluding carboxylic acids is 1. The average Bonchev–Trinajstić information content (AvgIpc) is 3.25.